The molecule has 0 spiro atoms. The predicted molar refractivity (Wildman–Crippen MR) is 115 cm³/mol. The van der Waals surface area contributed by atoms with Crippen molar-refractivity contribution in [3.05, 3.63) is 23.3 Å². The Balaban J connectivity index is 1.94. The number of phenolic OH excluding ortho intramolecular Hbond substituents is 1. The van der Waals surface area contributed by atoms with Gasteiger partial charge in [-0.15, -0.1) is 0 Å². The van der Waals surface area contributed by atoms with E-state index in [9.17, 15) is 10.2 Å². The molecule has 3 heteroatoms. The maximum Gasteiger partial charge on any atom is 0.127 e. The molecule has 1 aliphatic carbocycles. The molecule has 1 heterocycles. The van der Waals surface area contributed by atoms with Gasteiger partial charge < -0.3 is 14.9 Å². The van der Waals surface area contributed by atoms with Gasteiger partial charge in [0.1, 0.15) is 17.1 Å². The van der Waals surface area contributed by atoms with Crippen LogP contribution in [0.3, 0.4) is 0 Å². The number of ether oxygens (including phenoxy) is 1. The van der Waals surface area contributed by atoms with Crippen molar-refractivity contribution in [2.75, 3.05) is 0 Å². The van der Waals surface area contributed by atoms with Gasteiger partial charge in [0.25, 0.3) is 0 Å². The molecule has 0 amide bonds. The lowest BCUT2D eigenvalue weighted by Crippen LogP contribution is -2.54. The highest BCUT2D eigenvalue weighted by Crippen LogP contribution is 2.56. The van der Waals surface area contributed by atoms with Crippen molar-refractivity contribution in [1.29, 1.82) is 0 Å². The van der Waals surface area contributed by atoms with E-state index in [-0.39, 0.29) is 23.5 Å². The fourth-order valence-electron chi connectivity index (χ4n) is 5.35. The van der Waals surface area contributed by atoms with Crippen LogP contribution in [0.5, 0.6) is 11.5 Å². The number of aliphatic hydroxyl groups is 1. The normalized spacial score (nSPS) is 31.2. The third-order valence-corrected chi connectivity index (χ3v) is 7.88. The lowest BCUT2D eigenvalue weighted by Gasteiger charge is -2.52. The number of hydrogen-bond donors (Lipinski definition) is 2. The van der Waals surface area contributed by atoms with Gasteiger partial charge in [-0.05, 0) is 53.7 Å². The van der Waals surface area contributed by atoms with E-state index >= 15 is 0 Å². The van der Waals surface area contributed by atoms with Crippen LogP contribution in [0.1, 0.15) is 103 Å². The van der Waals surface area contributed by atoms with Crippen molar-refractivity contribution in [3.63, 3.8) is 0 Å². The Labute approximate surface area is 171 Å². The van der Waals surface area contributed by atoms with E-state index < -0.39 is 0 Å². The predicted octanol–water partition coefficient (Wildman–Crippen LogP) is 6.37. The Hall–Kier alpha value is -1.22. The zero-order chi connectivity index (χ0) is 20.6. The highest BCUT2D eigenvalue weighted by atomic mass is 16.5. The van der Waals surface area contributed by atoms with Gasteiger partial charge in [-0.3, -0.25) is 0 Å². The molecule has 2 bridgehead atoms. The maximum absolute atomic E-state index is 11.0. The largest absolute Gasteiger partial charge is 0.508 e. The van der Waals surface area contributed by atoms with Crippen molar-refractivity contribution >= 4 is 0 Å². The third-order valence-electron chi connectivity index (χ3n) is 7.88. The molecule has 1 aromatic carbocycles. The first kappa shape index (κ1) is 21.5. The second kappa shape index (κ2) is 8.26. The smallest absolute Gasteiger partial charge is 0.127 e. The molecule has 0 radical (unpaired) electrons. The minimum Gasteiger partial charge on any atom is -0.508 e. The molecule has 6 atom stereocenters. The van der Waals surface area contributed by atoms with E-state index in [2.05, 4.69) is 47.6 Å². The molecule has 6 unspecified atom stereocenters. The highest BCUT2D eigenvalue weighted by Gasteiger charge is 2.52. The van der Waals surface area contributed by atoms with Crippen LogP contribution < -0.4 is 4.74 Å². The van der Waals surface area contributed by atoms with Gasteiger partial charge in [-0.2, -0.15) is 0 Å². The topological polar surface area (TPSA) is 49.7 Å². The van der Waals surface area contributed by atoms with Gasteiger partial charge in [0.05, 0.1) is 6.10 Å². The Bertz CT molecular complexity index is 683. The summed E-state index contributed by atoms with van der Waals surface area (Å²) in [7, 11) is 0. The van der Waals surface area contributed by atoms with Crippen LogP contribution in [-0.4, -0.2) is 21.9 Å². The summed E-state index contributed by atoms with van der Waals surface area (Å²) >= 11 is 0. The Morgan fingerprint density at radius 2 is 1.86 bits per heavy atom. The number of unbranched alkanes of at least 4 members (excludes halogenated alkanes) is 2. The standard InChI is InChI=1S/C25H40O3/c1-7-8-9-10-16(4)17(5)19-11-21(26)24-20-13-25(15(2)3,28-23(24)12-19)14-22(27)18(20)6/h11-12,15-18,20,22,26-27H,7-10,13-14H2,1-6H3. The minimum absolute atomic E-state index is 0.136. The average Bonchev–Trinajstić information content (AvgIpc) is 2.64. The van der Waals surface area contributed by atoms with Crippen LogP contribution in [0.2, 0.25) is 0 Å². The molecule has 2 aliphatic rings. The first-order chi connectivity index (χ1) is 13.2. The Kier molecular flexibility index (Phi) is 6.34. The summed E-state index contributed by atoms with van der Waals surface area (Å²) in [6.07, 6.45) is 6.19. The summed E-state index contributed by atoms with van der Waals surface area (Å²) in [6.45, 7) is 13.3. The molecule has 1 fully saturated rings. The van der Waals surface area contributed by atoms with E-state index in [1.54, 1.807) is 0 Å². The molecule has 28 heavy (non-hydrogen) atoms. The fourth-order valence-corrected chi connectivity index (χ4v) is 5.35. The van der Waals surface area contributed by atoms with Crippen LogP contribution in [0, 0.1) is 17.8 Å². The molecule has 3 nitrogen and oxygen atoms in total. The van der Waals surface area contributed by atoms with E-state index in [0.29, 0.717) is 29.9 Å². The van der Waals surface area contributed by atoms with Gasteiger partial charge in [-0.1, -0.05) is 67.2 Å². The van der Waals surface area contributed by atoms with Gasteiger partial charge in [-0.25, -0.2) is 0 Å². The van der Waals surface area contributed by atoms with E-state index in [4.69, 9.17) is 4.74 Å². The second-order valence-electron chi connectivity index (χ2n) is 9.98. The monoisotopic (exact) mass is 388 g/mol. The van der Waals surface area contributed by atoms with Crippen LogP contribution >= 0.6 is 0 Å². The van der Waals surface area contributed by atoms with E-state index in [1.165, 1.54) is 31.2 Å². The summed E-state index contributed by atoms with van der Waals surface area (Å²) in [5.41, 5.74) is 1.76. The van der Waals surface area contributed by atoms with Crippen molar-refractivity contribution < 1.29 is 14.9 Å². The Morgan fingerprint density at radius 3 is 2.50 bits per heavy atom. The molecule has 158 valence electrons. The molecule has 1 aromatic rings. The van der Waals surface area contributed by atoms with Crippen molar-refractivity contribution in [1.82, 2.24) is 0 Å². The summed E-state index contributed by atoms with van der Waals surface area (Å²) < 4.78 is 6.60. The lowest BCUT2D eigenvalue weighted by molar-refractivity contribution is -0.0989. The summed E-state index contributed by atoms with van der Waals surface area (Å²) in [6, 6.07) is 4.14. The molecule has 1 aliphatic heterocycles. The first-order valence-corrected chi connectivity index (χ1v) is 11.4. The number of phenols is 1. The number of aromatic hydroxyl groups is 1. The lowest BCUT2D eigenvalue weighted by atomic mass is 9.63. The maximum atomic E-state index is 11.0. The molecule has 0 saturated heterocycles. The third kappa shape index (κ3) is 3.79. The number of hydrogen-bond acceptors (Lipinski definition) is 3. The SMILES string of the molecule is CCCCCC(C)C(C)c1cc(O)c2c(c1)OC1(C(C)C)CC(O)C(C)C2C1. The minimum atomic E-state index is -0.383. The quantitative estimate of drug-likeness (QED) is 0.533. The van der Waals surface area contributed by atoms with Gasteiger partial charge in [0.15, 0.2) is 0 Å². The highest BCUT2D eigenvalue weighted by molar-refractivity contribution is 5.53. The average molecular weight is 389 g/mol. The molecular weight excluding hydrogens is 348 g/mol. The van der Waals surface area contributed by atoms with E-state index in [1.807, 2.05) is 6.07 Å². The molecule has 1 saturated carbocycles. The molecule has 3 rings (SSSR count). The van der Waals surface area contributed by atoms with Crippen LogP contribution in [0.4, 0.5) is 0 Å². The molecular formula is C25H40O3. The molecule has 0 aromatic heterocycles. The summed E-state index contributed by atoms with van der Waals surface area (Å²) in [5, 5.41) is 21.6. The number of benzene rings is 1. The van der Waals surface area contributed by atoms with Gasteiger partial charge in [0.2, 0.25) is 0 Å². The summed E-state index contributed by atoms with van der Waals surface area (Å²) in [5.74, 6) is 2.78. The van der Waals surface area contributed by atoms with E-state index in [0.717, 1.165) is 17.7 Å². The second-order valence-corrected chi connectivity index (χ2v) is 9.98. The fraction of sp³-hybridized carbons (Fsp3) is 0.760. The van der Waals surface area contributed by atoms with Crippen LogP contribution in [0.15, 0.2) is 12.1 Å². The number of fused-ring (bicyclic) bond motifs is 4. The van der Waals surface area contributed by atoms with Crippen molar-refractivity contribution in [2.45, 2.75) is 104 Å². The van der Waals surface area contributed by atoms with Crippen molar-refractivity contribution in [3.8, 4) is 11.5 Å². The number of rotatable bonds is 7. The zero-order valence-corrected chi connectivity index (χ0v) is 18.7. The van der Waals surface area contributed by atoms with Crippen molar-refractivity contribution in [2.24, 2.45) is 17.8 Å². The molecule has 2 N–H and O–H groups in total. The zero-order valence-electron chi connectivity index (χ0n) is 18.7. The Morgan fingerprint density at radius 1 is 1.14 bits per heavy atom. The summed E-state index contributed by atoms with van der Waals surface area (Å²) in [4.78, 5) is 0. The van der Waals surface area contributed by atoms with Crippen LogP contribution in [0.25, 0.3) is 0 Å². The number of aliphatic hydroxyl groups excluding tert-OH is 1. The first-order valence-electron chi connectivity index (χ1n) is 11.4. The van der Waals surface area contributed by atoms with Gasteiger partial charge >= 0.3 is 0 Å². The van der Waals surface area contributed by atoms with Gasteiger partial charge in [0, 0.05) is 12.0 Å². The van der Waals surface area contributed by atoms with Crippen LogP contribution in [-0.2, 0) is 0 Å².